The van der Waals surface area contributed by atoms with Crippen molar-refractivity contribution in [2.75, 3.05) is 6.54 Å². The van der Waals surface area contributed by atoms with Crippen molar-refractivity contribution in [3.8, 4) is 0 Å². The summed E-state index contributed by atoms with van der Waals surface area (Å²) >= 11 is 6.75. The molecule has 1 rings (SSSR count). The van der Waals surface area contributed by atoms with Gasteiger partial charge < -0.3 is 5.32 Å². The minimum Gasteiger partial charge on any atom is -0.351 e. The molecule has 12 heavy (non-hydrogen) atoms. The lowest BCUT2D eigenvalue weighted by Crippen LogP contribution is -2.22. The van der Waals surface area contributed by atoms with Gasteiger partial charge in [0, 0.05) is 6.54 Å². The van der Waals surface area contributed by atoms with Crippen LogP contribution in [0.5, 0.6) is 0 Å². The summed E-state index contributed by atoms with van der Waals surface area (Å²) in [4.78, 5) is 15.5. The molecule has 66 valence electrons. The summed E-state index contributed by atoms with van der Waals surface area (Å²) in [6, 6.07) is 0. The molecule has 1 N–H and O–H groups in total. The van der Waals surface area contributed by atoms with E-state index in [-0.39, 0.29) is 5.91 Å². The zero-order chi connectivity index (χ0) is 8.97. The van der Waals surface area contributed by atoms with Gasteiger partial charge in [-0.15, -0.1) is 0 Å². The molecule has 0 aliphatic carbocycles. The molecular formula is C7H9ClN2OS. The van der Waals surface area contributed by atoms with Crippen LogP contribution in [0.3, 0.4) is 0 Å². The standard InChI is InChI=1S/C7H9ClN2OS/c1-2-3-9-6(11)5-4-10-7(8)12-5/h4H,2-3H2,1H3,(H,9,11). The van der Waals surface area contributed by atoms with Gasteiger partial charge in [-0.3, -0.25) is 4.79 Å². The van der Waals surface area contributed by atoms with E-state index in [2.05, 4.69) is 10.3 Å². The SMILES string of the molecule is CCCNC(=O)c1cnc(Cl)s1. The van der Waals surface area contributed by atoms with Crippen LogP contribution in [0.4, 0.5) is 0 Å². The smallest absolute Gasteiger partial charge is 0.263 e. The maximum absolute atomic E-state index is 11.2. The molecule has 3 nitrogen and oxygen atoms in total. The number of aromatic nitrogens is 1. The second-order valence-electron chi connectivity index (χ2n) is 2.23. The molecule has 1 aromatic rings. The Morgan fingerprint density at radius 3 is 3.08 bits per heavy atom. The Kier molecular flexibility index (Phi) is 3.49. The van der Waals surface area contributed by atoms with Gasteiger partial charge >= 0.3 is 0 Å². The van der Waals surface area contributed by atoms with E-state index < -0.39 is 0 Å². The third-order valence-corrected chi connectivity index (χ3v) is 2.35. The van der Waals surface area contributed by atoms with E-state index in [0.29, 0.717) is 15.9 Å². The van der Waals surface area contributed by atoms with Gasteiger partial charge in [-0.25, -0.2) is 4.98 Å². The first-order chi connectivity index (χ1) is 5.74. The minimum absolute atomic E-state index is 0.0961. The molecule has 0 atom stereocenters. The average Bonchev–Trinajstić information content (AvgIpc) is 2.47. The molecule has 0 aliphatic heterocycles. The summed E-state index contributed by atoms with van der Waals surface area (Å²) in [6.07, 6.45) is 2.41. The van der Waals surface area contributed by atoms with Crippen LogP contribution < -0.4 is 5.32 Å². The first-order valence-electron chi connectivity index (χ1n) is 3.63. The van der Waals surface area contributed by atoms with Crippen LogP contribution in [0.1, 0.15) is 23.0 Å². The number of nitrogens with zero attached hydrogens (tertiary/aromatic N) is 1. The van der Waals surface area contributed by atoms with Gasteiger partial charge in [0.25, 0.3) is 5.91 Å². The summed E-state index contributed by atoms with van der Waals surface area (Å²) < 4.78 is 0.400. The summed E-state index contributed by atoms with van der Waals surface area (Å²) in [5.41, 5.74) is 0. The number of hydrogen-bond acceptors (Lipinski definition) is 3. The second-order valence-corrected chi connectivity index (χ2v) is 3.85. The highest BCUT2D eigenvalue weighted by atomic mass is 35.5. The van der Waals surface area contributed by atoms with Crippen LogP contribution in [0, 0.1) is 0 Å². The molecule has 5 heteroatoms. The zero-order valence-corrected chi connectivity index (χ0v) is 8.21. The van der Waals surface area contributed by atoms with Crippen LogP contribution in [0.2, 0.25) is 4.47 Å². The molecule has 0 bridgehead atoms. The lowest BCUT2D eigenvalue weighted by molar-refractivity contribution is 0.0957. The van der Waals surface area contributed by atoms with Crippen molar-refractivity contribution >= 4 is 28.8 Å². The van der Waals surface area contributed by atoms with Crippen LogP contribution in [0.25, 0.3) is 0 Å². The van der Waals surface area contributed by atoms with E-state index >= 15 is 0 Å². The number of halogens is 1. The monoisotopic (exact) mass is 204 g/mol. The highest BCUT2D eigenvalue weighted by molar-refractivity contribution is 7.17. The van der Waals surface area contributed by atoms with E-state index in [1.165, 1.54) is 17.5 Å². The van der Waals surface area contributed by atoms with Crippen LogP contribution >= 0.6 is 22.9 Å². The minimum atomic E-state index is -0.0961. The molecule has 0 spiro atoms. The van der Waals surface area contributed by atoms with E-state index in [4.69, 9.17) is 11.6 Å². The molecule has 0 unspecified atom stereocenters. The molecule has 1 heterocycles. The number of thiazole rings is 1. The van der Waals surface area contributed by atoms with E-state index in [1.807, 2.05) is 6.92 Å². The fourth-order valence-corrected chi connectivity index (χ4v) is 1.54. The average molecular weight is 205 g/mol. The molecular weight excluding hydrogens is 196 g/mol. The Labute approximate surface area is 79.8 Å². The Bertz CT molecular complexity index is 274. The van der Waals surface area contributed by atoms with Crippen molar-refractivity contribution in [3.63, 3.8) is 0 Å². The number of hydrogen-bond donors (Lipinski definition) is 1. The third-order valence-electron chi connectivity index (χ3n) is 1.24. The molecule has 0 radical (unpaired) electrons. The van der Waals surface area contributed by atoms with Gasteiger partial charge in [0.2, 0.25) is 0 Å². The second kappa shape index (κ2) is 4.42. The highest BCUT2D eigenvalue weighted by Gasteiger charge is 2.07. The molecule has 1 aromatic heterocycles. The van der Waals surface area contributed by atoms with Crippen molar-refractivity contribution < 1.29 is 4.79 Å². The summed E-state index contributed by atoms with van der Waals surface area (Å²) in [7, 11) is 0. The van der Waals surface area contributed by atoms with E-state index in [9.17, 15) is 4.79 Å². The number of carbonyl (C=O) groups is 1. The predicted molar refractivity (Wildman–Crippen MR) is 49.7 cm³/mol. The van der Waals surface area contributed by atoms with Gasteiger partial charge in [-0.2, -0.15) is 0 Å². The number of nitrogens with one attached hydrogen (secondary N) is 1. The van der Waals surface area contributed by atoms with Gasteiger partial charge in [0.15, 0.2) is 4.47 Å². The van der Waals surface area contributed by atoms with Crippen molar-refractivity contribution in [2.24, 2.45) is 0 Å². The Hall–Kier alpha value is -0.610. The number of amides is 1. The summed E-state index contributed by atoms with van der Waals surface area (Å²) in [5, 5.41) is 2.73. The first kappa shape index (κ1) is 9.48. The Balaban J connectivity index is 2.53. The van der Waals surface area contributed by atoms with Crippen molar-refractivity contribution in [1.29, 1.82) is 0 Å². The van der Waals surface area contributed by atoms with Gasteiger partial charge in [-0.1, -0.05) is 29.9 Å². The molecule has 0 saturated carbocycles. The maximum Gasteiger partial charge on any atom is 0.263 e. The quantitative estimate of drug-likeness (QED) is 0.818. The summed E-state index contributed by atoms with van der Waals surface area (Å²) in [5.74, 6) is -0.0961. The van der Waals surface area contributed by atoms with Gasteiger partial charge in [0.05, 0.1) is 6.20 Å². The lowest BCUT2D eigenvalue weighted by Gasteiger charge is -1.98. The van der Waals surface area contributed by atoms with E-state index in [0.717, 1.165) is 6.42 Å². The first-order valence-corrected chi connectivity index (χ1v) is 4.83. The zero-order valence-electron chi connectivity index (χ0n) is 6.63. The predicted octanol–water partition coefficient (Wildman–Crippen LogP) is 1.94. The lowest BCUT2D eigenvalue weighted by atomic mass is 10.4. The summed E-state index contributed by atoms with van der Waals surface area (Å²) in [6.45, 7) is 2.69. The molecule has 0 saturated heterocycles. The Morgan fingerprint density at radius 2 is 2.58 bits per heavy atom. The van der Waals surface area contributed by atoms with Crippen LogP contribution in [-0.2, 0) is 0 Å². The van der Waals surface area contributed by atoms with E-state index in [1.54, 1.807) is 0 Å². The van der Waals surface area contributed by atoms with Crippen molar-refractivity contribution in [2.45, 2.75) is 13.3 Å². The van der Waals surface area contributed by atoms with Crippen LogP contribution in [-0.4, -0.2) is 17.4 Å². The van der Waals surface area contributed by atoms with Gasteiger partial charge in [-0.05, 0) is 6.42 Å². The molecule has 1 amide bonds. The third kappa shape index (κ3) is 2.46. The maximum atomic E-state index is 11.2. The highest BCUT2D eigenvalue weighted by Crippen LogP contribution is 2.17. The largest absolute Gasteiger partial charge is 0.351 e. The Morgan fingerprint density at radius 1 is 1.83 bits per heavy atom. The fraction of sp³-hybridized carbons (Fsp3) is 0.429. The van der Waals surface area contributed by atoms with Crippen molar-refractivity contribution in [1.82, 2.24) is 10.3 Å². The van der Waals surface area contributed by atoms with Gasteiger partial charge in [0.1, 0.15) is 4.88 Å². The molecule has 0 aromatic carbocycles. The normalized spacial score (nSPS) is 9.83. The molecule has 0 aliphatic rings. The fourth-order valence-electron chi connectivity index (χ4n) is 0.683. The van der Waals surface area contributed by atoms with Crippen LogP contribution in [0.15, 0.2) is 6.20 Å². The number of rotatable bonds is 3. The van der Waals surface area contributed by atoms with Crippen molar-refractivity contribution in [3.05, 3.63) is 15.5 Å². The molecule has 0 fully saturated rings. The topological polar surface area (TPSA) is 42.0 Å². The number of carbonyl (C=O) groups excluding carboxylic acids is 1.